The van der Waals surface area contributed by atoms with Crippen LogP contribution in [-0.4, -0.2) is 31.5 Å². The highest BCUT2D eigenvalue weighted by atomic mass is 35.5. The summed E-state index contributed by atoms with van der Waals surface area (Å²) in [6, 6.07) is 14.6. The number of aliphatic hydroxyl groups is 1. The van der Waals surface area contributed by atoms with E-state index >= 15 is 0 Å². The molecule has 1 unspecified atom stereocenters. The number of aliphatic hydroxyl groups excluding tert-OH is 1. The molecule has 4 nitrogen and oxygen atoms in total. The summed E-state index contributed by atoms with van der Waals surface area (Å²) >= 11 is 5.81. The van der Waals surface area contributed by atoms with Crippen molar-refractivity contribution in [1.82, 2.24) is 0 Å². The maximum Gasteiger partial charge on any atom is 0.123 e. The van der Waals surface area contributed by atoms with Gasteiger partial charge in [0.05, 0.1) is 7.11 Å². The quantitative estimate of drug-likeness (QED) is 0.825. The van der Waals surface area contributed by atoms with Gasteiger partial charge in [-0.05, 0) is 36.4 Å². The van der Waals surface area contributed by atoms with Gasteiger partial charge in [-0.25, -0.2) is 0 Å². The molecular weight excluding hydrogens is 290 g/mol. The van der Waals surface area contributed by atoms with Gasteiger partial charge in [-0.3, -0.25) is 0 Å². The third-order valence-electron chi connectivity index (χ3n) is 2.87. The minimum Gasteiger partial charge on any atom is -0.497 e. The molecule has 0 aromatic heterocycles. The van der Waals surface area contributed by atoms with Gasteiger partial charge >= 0.3 is 0 Å². The second kappa shape index (κ2) is 7.76. The SMILES string of the molecule is COc1cccc(OCC(O)CNc2ccc(Cl)cc2)c1. The fourth-order valence-electron chi connectivity index (χ4n) is 1.75. The van der Waals surface area contributed by atoms with E-state index < -0.39 is 6.10 Å². The van der Waals surface area contributed by atoms with Crippen LogP contribution in [0, 0.1) is 0 Å². The Morgan fingerprint density at radius 3 is 2.57 bits per heavy atom. The largest absolute Gasteiger partial charge is 0.497 e. The lowest BCUT2D eigenvalue weighted by atomic mass is 10.3. The number of ether oxygens (including phenoxy) is 2. The van der Waals surface area contributed by atoms with Crippen molar-refractivity contribution in [2.45, 2.75) is 6.10 Å². The minimum absolute atomic E-state index is 0.202. The van der Waals surface area contributed by atoms with E-state index in [9.17, 15) is 5.11 Å². The highest BCUT2D eigenvalue weighted by Crippen LogP contribution is 2.19. The Hall–Kier alpha value is -1.91. The van der Waals surface area contributed by atoms with Gasteiger partial charge in [-0.1, -0.05) is 17.7 Å². The van der Waals surface area contributed by atoms with Gasteiger partial charge in [0, 0.05) is 23.3 Å². The van der Waals surface area contributed by atoms with E-state index in [1.807, 2.05) is 30.3 Å². The van der Waals surface area contributed by atoms with Gasteiger partial charge in [-0.2, -0.15) is 0 Å². The number of benzene rings is 2. The molecule has 0 fully saturated rings. The first kappa shape index (κ1) is 15.5. The average Bonchev–Trinajstić information content (AvgIpc) is 2.52. The number of rotatable bonds is 7. The van der Waals surface area contributed by atoms with E-state index in [0.29, 0.717) is 17.3 Å². The zero-order valence-electron chi connectivity index (χ0n) is 11.8. The van der Waals surface area contributed by atoms with E-state index in [-0.39, 0.29) is 6.61 Å². The summed E-state index contributed by atoms with van der Waals surface area (Å²) in [7, 11) is 1.60. The van der Waals surface area contributed by atoms with Crippen molar-refractivity contribution in [3.05, 3.63) is 53.6 Å². The molecule has 0 bridgehead atoms. The molecule has 0 radical (unpaired) electrons. The van der Waals surface area contributed by atoms with Gasteiger partial charge in [-0.15, -0.1) is 0 Å². The molecule has 2 rings (SSSR count). The van der Waals surface area contributed by atoms with E-state index in [1.165, 1.54) is 0 Å². The van der Waals surface area contributed by atoms with Gasteiger partial charge < -0.3 is 19.9 Å². The number of anilines is 1. The van der Waals surface area contributed by atoms with Crippen molar-refractivity contribution < 1.29 is 14.6 Å². The van der Waals surface area contributed by atoms with Crippen LogP contribution in [-0.2, 0) is 0 Å². The number of hydrogen-bond donors (Lipinski definition) is 2. The maximum atomic E-state index is 9.91. The monoisotopic (exact) mass is 307 g/mol. The zero-order valence-corrected chi connectivity index (χ0v) is 12.5. The Bertz CT molecular complexity index is 560. The third-order valence-corrected chi connectivity index (χ3v) is 3.12. The summed E-state index contributed by atoms with van der Waals surface area (Å²) in [5, 5.41) is 13.7. The second-order valence-electron chi connectivity index (χ2n) is 4.53. The van der Waals surface area contributed by atoms with E-state index in [0.717, 1.165) is 11.4 Å². The van der Waals surface area contributed by atoms with Crippen LogP contribution >= 0.6 is 11.6 Å². The molecule has 2 N–H and O–H groups in total. The van der Waals surface area contributed by atoms with Crippen LogP contribution in [0.15, 0.2) is 48.5 Å². The summed E-state index contributed by atoms with van der Waals surface area (Å²) in [6.07, 6.45) is -0.619. The fraction of sp³-hybridized carbons (Fsp3) is 0.250. The maximum absolute atomic E-state index is 9.91. The molecule has 0 saturated carbocycles. The number of halogens is 1. The first-order chi connectivity index (χ1) is 10.2. The molecule has 1 atom stereocenters. The molecule has 2 aromatic carbocycles. The Morgan fingerprint density at radius 2 is 1.86 bits per heavy atom. The Kier molecular flexibility index (Phi) is 5.72. The molecule has 0 heterocycles. The van der Waals surface area contributed by atoms with Gasteiger partial charge in [0.15, 0.2) is 0 Å². The molecule has 0 aliphatic rings. The van der Waals surface area contributed by atoms with Crippen molar-refractivity contribution in [3.8, 4) is 11.5 Å². The molecule has 0 aliphatic carbocycles. The summed E-state index contributed by atoms with van der Waals surface area (Å²) in [6.45, 7) is 0.597. The first-order valence-corrected chi connectivity index (χ1v) is 6.99. The van der Waals surface area contributed by atoms with Crippen LogP contribution in [0.1, 0.15) is 0 Å². The van der Waals surface area contributed by atoms with Crippen LogP contribution in [0.2, 0.25) is 5.02 Å². The van der Waals surface area contributed by atoms with Gasteiger partial charge in [0.1, 0.15) is 24.2 Å². The molecule has 0 aliphatic heterocycles. The standard InChI is InChI=1S/C16H18ClNO3/c1-20-15-3-2-4-16(9-15)21-11-14(19)10-18-13-7-5-12(17)6-8-13/h2-9,14,18-19H,10-11H2,1H3. The smallest absolute Gasteiger partial charge is 0.123 e. The number of nitrogens with one attached hydrogen (secondary N) is 1. The second-order valence-corrected chi connectivity index (χ2v) is 4.97. The van der Waals surface area contributed by atoms with Crippen LogP contribution in [0.3, 0.4) is 0 Å². The predicted octanol–water partition coefficient (Wildman–Crippen LogP) is 3.20. The van der Waals surface area contributed by atoms with Crippen molar-refractivity contribution in [2.75, 3.05) is 25.6 Å². The molecule has 2 aromatic rings. The van der Waals surface area contributed by atoms with Crippen LogP contribution in [0.5, 0.6) is 11.5 Å². The van der Waals surface area contributed by atoms with Crippen LogP contribution in [0.25, 0.3) is 0 Å². The number of hydrogen-bond acceptors (Lipinski definition) is 4. The lowest BCUT2D eigenvalue weighted by molar-refractivity contribution is 0.117. The molecule has 21 heavy (non-hydrogen) atoms. The van der Waals surface area contributed by atoms with E-state index in [2.05, 4.69) is 5.32 Å². The number of methoxy groups -OCH3 is 1. The van der Waals surface area contributed by atoms with Crippen LogP contribution < -0.4 is 14.8 Å². The van der Waals surface area contributed by atoms with Crippen LogP contribution in [0.4, 0.5) is 5.69 Å². The average molecular weight is 308 g/mol. The minimum atomic E-state index is -0.619. The summed E-state index contributed by atoms with van der Waals surface area (Å²) in [4.78, 5) is 0. The summed E-state index contributed by atoms with van der Waals surface area (Å²) in [5.74, 6) is 1.39. The Labute approximate surface area is 129 Å². The molecular formula is C16H18ClNO3. The third kappa shape index (κ3) is 5.17. The topological polar surface area (TPSA) is 50.7 Å². The van der Waals surface area contributed by atoms with E-state index in [1.54, 1.807) is 25.3 Å². The van der Waals surface area contributed by atoms with Crippen molar-refractivity contribution in [2.24, 2.45) is 0 Å². The molecule has 112 valence electrons. The highest BCUT2D eigenvalue weighted by Gasteiger charge is 2.06. The lowest BCUT2D eigenvalue weighted by Gasteiger charge is -2.14. The summed E-state index contributed by atoms with van der Waals surface area (Å²) < 4.78 is 10.6. The van der Waals surface area contributed by atoms with Crippen molar-refractivity contribution in [1.29, 1.82) is 0 Å². The van der Waals surface area contributed by atoms with Crippen molar-refractivity contribution in [3.63, 3.8) is 0 Å². The van der Waals surface area contributed by atoms with Gasteiger partial charge in [0.2, 0.25) is 0 Å². The Morgan fingerprint density at radius 1 is 1.14 bits per heavy atom. The first-order valence-electron chi connectivity index (χ1n) is 6.62. The van der Waals surface area contributed by atoms with Gasteiger partial charge in [0.25, 0.3) is 0 Å². The Balaban J connectivity index is 1.76. The lowest BCUT2D eigenvalue weighted by Crippen LogP contribution is -2.26. The molecule has 5 heteroatoms. The predicted molar refractivity (Wildman–Crippen MR) is 84.4 cm³/mol. The van der Waals surface area contributed by atoms with E-state index in [4.69, 9.17) is 21.1 Å². The zero-order chi connectivity index (χ0) is 15.1. The fourth-order valence-corrected chi connectivity index (χ4v) is 1.87. The molecule has 0 saturated heterocycles. The molecule has 0 spiro atoms. The van der Waals surface area contributed by atoms with Crippen molar-refractivity contribution >= 4 is 17.3 Å². The summed E-state index contributed by atoms with van der Waals surface area (Å²) in [5.41, 5.74) is 0.903. The normalized spacial score (nSPS) is 11.8. The molecule has 0 amide bonds. The highest BCUT2D eigenvalue weighted by molar-refractivity contribution is 6.30.